The van der Waals surface area contributed by atoms with Crippen LogP contribution in [0, 0.1) is 41.3 Å². The molecule has 3 heterocycles. The number of rotatable bonds is 3. The van der Waals surface area contributed by atoms with E-state index >= 15 is 0 Å². The van der Waals surface area contributed by atoms with E-state index in [0.29, 0.717) is 0 Å². The van der Waals surface area contributed by atoms with Gasteiger partial charge in [0.2, 0.25) is 0 Å². The van der Waals surface area contributed by atoms with Crippen molar-refractivity contribution in [3.63, 3.8) is 0 Å². The number of aromatic carboxylic acids is 3. The molecule has 0 unspecified atom stereocenters. The molecule has 10 heteroatoms. The number of aromatic nitrogens is 3. The molecule has 0 aliphatic rings. The second-order valence-electron chi connectivity index (χ2n) is 4.62. The van der Waals surface area contributed by atoms with Crippen LogP contribution in [0.2, 0.25) is 0 Å². The zero-order valence-corrected chi connectivity index (χ0v) is 18.1. The van der Waals surface area contributed by atoms with Crippen LogP contribution in [0.5, 0.6) is 0 Å². The van der Waals surface area contributed by atoms with Gasteiger partial charge in [-0.2, -0.15) is 0 Å². The predicted octanol–water partition coefficient (Wildman–Crippen LogP) is 2.34. The van der Waals surface area contributed by atoms with E-state index < -0.39 is 17.9 Å². The van der Waals surface area contributed by atoms with Crippen molar-refractivity contribution in [2.75, 3.05) is 0 Å². The quantitative estimate of drug-likeness (QED) is 0.483. The van der Waals surface area contributed by atoms with E-state index in [1.165, 1.54) is 73.6 Å². The van der Waals surface area contributed by atoms with Crippen LogP contribution in [0.15, 0.2) is 73.6 Å². The molecule has 0 saturated heterocycles. The summed E-state index contributed by atoms with van der Waals surface area (Å²) in [6.45, 7) is 0. The first-order chi connectivity index (χ1) is 12.9. The Labute approximate surface area is 193 Å². The number of carboxylic acid groups (broad SMARTS) is 3. The van der Waals surface area contributed by atoms with Crippen molar-refractivity contribution in [1.82, 2.24) is 15.0 Å². The summed E-state index contributed by atoms with van der Waals surface area (Å²) in [5, 5.41) is 25.1. The van der Waals surface area contributed by atoms with Crippen molar-refractivity contribution in [2.45, 2.75) is 0 Å². The van der Waals surface area contributed by atoms with Gasteiger partial charge in [-0.15, -0.1) is 0 Å². The molecule has 3 aromatic rings. The van der Waals surface area contributed by atoms with Crippen molar-refractivity contribution in [3.05, 3.63) is 90.3 Å². The Hall–Kier alpha value is -2.78. The molecule has 1 radical (unpaired) electrons. The molecule has 3 rings (SSSR count). The summed E-state index contributed by atoms with van der Waals surface area (Å²) in [5.41, 5.74) is 0.806. The van der Waals surface area contributed by atoms with E-state index in [1.807, 2.05) is 0 Å². The monoisotopic (exact) mass is 510 g/mol. The summed E-state index contributed by atoms with van der Waals surface area (Å²) in [5.74, 6) is -2.76. The fourth-order valence-electron chi connectivity index (χ4n) is 1.48. The van der Waals surface area contributed by atoms with Crippen LogP contribution in [0.25, 0.3) is 0 Å². The molecule has 3 aromatic heterocycles. The van der Waals surface area contributed by atoms with Gasteiger partial charge in [0.15, 0.2) is 0 Å². The van der Waals surface area contributed by atoms with E-state index in [2.05, 4.69) is 15.0 Å². The summed E-state index contributed by atoms with van der Waals surface area (Å²) in [7, 11) is 0. The van der Waals surface area contributed by atoms with Gasteiger partial charge in [0.1, 0.15) is 0 Å². The van der Waals surface area contributed by atoms with Crippen molar-refractivity contribution in [3.8, 4) is 0 Å². The molecule has 0 spiro atoms. The van der Waals surface area contributed by atoms with Gasteiger partial charge in [-0.25, -0.2) is 14.4 Å². The minimum Gasteiger partial charge on any atom is -0.478 e. The average molecular weight is 510 g/mol. The van der Waals surface area contributed by atoms with Crippen LogP contribution >= 0.6 is 0 Å². The summed E-state index contributed by atoms with van der Waals surface area (Å²) in [4.78, 5) is 41.5. The second kappa shape index (κ2) is 14.3. The molecule has 0 aliphatic carbocycles. The van der Waals surface area contributed by atoms with Gasteiger partial charge < -0.3 is 15.3 Å². The van der Waals surface area contributed by atoms with Crippen molar-refractivity contribution < 1.29 is 71.0 Å². The molecule has 0 aromatic carbocycles. The predicted molar refractivity (Wildman–Crippen MR) is 93.6 cm³/mol. The smallest absolute Gasteiger partial charge is 0.335 e. The SMILES string of the molecule is O=C(O)c1ccncc1.O=C(O)c1ccncc1.O=C(O)c1ccncc1.[Pr]. The maximum atomic E-state index is 10.2. The Morgan fingerprint density at radius 3 is 0.786 bits per heavy atom. The van der Waals surface area contributed by atoms with Gasteiger partial charge in [-0.05, 0) is 36.4 Å². The fourth-order valence-corrected chi connectivity index (χ4v) is 1.48. The number of carbonyl (C=O) groups is 3. The standard InChI is InChI=1S/3C6H5NO2.Pr/c3*8-6(9)5-1-3-7-4-2-5;/h3*1-4H,(H,8,9);. The van der Waals surface area contributed by atoms with E-state index in [0.717, 1.165) is 0 Å². The first-order valence-corrected chi connectivity index (χ1v) is 7.31. The molecular weight excluding hydrogens is 495 g/mol. The molecule has 0 fully saturated rings. The zero-order chi connectivity index (χ0) is 20.1. The van der Waals surface area contributed by atoms with Crippen LogP contribution in [0.3, 0.4) is 0 Å². The van der Waals surface area contributed by atoms with Crippen molar-refractivity contribution >= 4 is 17.9 Å². The van der Waals surface area contributed by atoms with Crippen LogP contribution in [0.1, 0.15) is 31.1 Å². The van der Waals surface area contributed by atoms with Crippen LogP contribution in [0.4, 0.5) is 0 Å². The molecule has 9 nitrogen and oxygen atoms in total. The number of pyridine rings is 3. The van der Waals surface area contributed by atoms with E-state index in [9.17, 15) is 14.4 Å². The van der Waals surface area contributed by atoms with Gasteiger partial charge in [0.05, 0.1) is 16.7 Å². The van der Waals surface area contributed by atoms with Gasteiger partial charge in [-0.1, -0.05) is 0 Å². The molecule has 28 heavy (non-hydrogen) atoms. The van der Waals surface area contributed by atoms with Gasteiger partial charge >= 0.3 is 17.9 Å². The first-order valence-electron chi connectivity index (χ1n) is 7.31. The summed E-state index contributed by atoms with van der Waals surface area (Å²) in [6.07, 6.45) is 8.69. The minimum absolute atomic E-state index is 0. The number of hydrogen-bond acceptors (Lipinski definition) is 6. The van der Waals surface area contributed by atoms with Gasteiger partial charge in [0, 0.05) is 78.5 Å². The van der Waals surface area contributed by atoms with Crippen molar-refractivity contribution in [1.29, 1.82) is 0 Å². The summed E-state index contributed by atoms with van der Waals surface area (Å²) in [6, 6.07) is 8.68. The number of nitrogens with zero attached hydrogens (tertiary/aromatic N) is 3. The Balaban J connectivity index is 0.000000384. The molecular formula is C18H15N3O6Pr. The Morgan fingerprint density at radius 2 is 0.679 bits per heavy atom. The van der Waals surface area contributed by atoms with E-state index in [-0.39, 0.29) is 58.0 Å². The molecule has 0 amide bonds. The minimum atomic E-state index is -0.919. The Bertz CT molecular complexity index is 747. The Morgan fingerprint density at radius 1 is 0.500 bits per heavy atom. The molecule has 3 N–H and O–H groups in total. The zero-order valence-electron chi connectivity index (χ0n) is 14.4. The van der Waals surface area contributed by atoms with E-state index in [1.54, 1.807) is 0 Å². The maximum Gasteiger partial charge on any atom is 0.335 e. The summed E-state index contributed by atoms with van der Waals surface area (Å²) < 4.78 is 0. The van der Waals surface area contributed by atoms with E-state index in [4.69, 9.17) is 15.3 Å². The second-order valence-corrected chi connectivity index (χ2v) is 4.62. The normalized spacial score (nSPS) is 8.57. The number of hydrogen-bond donors (Lipinski definition) is 3. The van der Waals surface area contributed by atoms with Crippen molar-refractivity contribution in [2.24, 2.45) is 0 Å². The maximum absolute atomic E-state index is 10.2. The molecule has 0 aliphatic heterocycles. The molecule has 0 atom stereocenters. The largest absolute Gasteiger partial charge is 0.478 e. The van der Waals surface area contributed by atoms with Gasteiger partial charge in [-0.3, -0.25) is 15.0 Å². The third-order valence-corrected chi connectivity index (χ3v) is 2.78. The van der Waals surface area contributed by atoms with Crippen LogP contribution in [-0.4, -0.2) is 48.2 Å². The third-order valence-electron chi connectivity index (χ3n) is 2.78. The van der Waals surface area contributed by atoms with Gasteiger partial charge in [0.25, 0.3) is 0 Å². The molecule has 0 saturated carbocycles. The first kappa shape index (κ1) is 25.2. The summed E-state index contributed by atoms with van der Waals surface area (Å²) >= 11 is 0. The molecule has 141 valence electrons. The Kier molecular flexibility index (Phi) is 12.9. The third kappa shape index (κ3) is 10.4. The van der Waals surface area contributed by atoms with Crippen LogP contribution in [-0.2, 0) is 0 Å². The van der Waals surface area contributed by atoms with Crippen LogP contribution < -0.4 is 0 Å². The fraction of sp³-hybridized carbons (Fsp3) is 0. The average Bonchev–Trinajstić information content (AvgIpc) is 2.71. The molecule has 0 bridgehead atoms. The number of carboxylic acids is 3. The topological polar surface area (TPSA) is 151 Å².